The van der Waals surface area contributed by atoms with E-state index in [1.54, 1.807) is 0 Å². The Morgan fingerprint density at radius 1 is 1.46 bits per heavy atom. The molecule has 0 radical (unpaired) electrons. The smallest absolute Gasteiger partial charge is 0.0459 e. The van der Waals surface area contributed by atoms with Gasteiger partial charge in [0.2, 0.25) is 0 Å². The quantitative estimate of drug-likeness (QED) is 0.776. The minimum absolute atomic E-state index is 0.165. The topological polar surface area (TPSA) is 38.0 Å². The van der Waals surface area contributed by atoms with Crippen LogP contribution in [-0.4, -0.2) is 13.1 Å². The number of likely N-dealkylation sites (N-methyl/N-ethyl adjacent to an activating group) is 1. The third kappa shape index (κ3) is 2.69. The summed E-state index contributed by atoms with van der Waals surface area (Å²) in [6, 6.07) is 7.95. The van der Waals surface area contributed by atoms with E-state index in [0.29, 0.717) is 6.54 Å². The van der Waals surface area contributed by atoms with E-state index in [0.717, 1.165) is 17.1 Å². The molecule has 0 saturated heterocycles. The van der Waals surface area contributed by atoms with Gasteiger partial charge < -0.3 is 11.1 Å². The molecule has 0 amide bonds. The molecule has 3 heteroatoms. The van der Waals surface area contributed by atoms with Crippen molar-refractivity contribution in [1.82, 2.24) is 5.32 Å². The van der Waals surface area contributed by atoms with Gasteiger partial charge in [-0.25, -0.2) is 0 Å². The van der Waals surface area contributed by atoms with Crippen molar-refractivity contribution in [1.29, 1.82) is 0 Å². The predicted octanol–water partition coefficient (Wildman–Crippen LogP) is 1.95. The van der Waals surface area contributed by atoms with Crippen LogP contribution >= 0.6 is 11.6 Å². The van der Waals surface area contributed by atoms with Crippen LogP contribution in [-0.2, 0) is 0 Å². The standard InChI is InChI=1S/C10H15ClN2/c1-2-13-10(7-12)8-5-3-4-6-9(8)11/h3-6,10,13H,2,7,12H2,1H3. The lowest BCUT2D eigenvalue weighted by atomic mass is 10.1. The summed E-state index contributed by atoms with van der Waals surface area (Å²) in [5.41, 5.74) is 6.72. The van der Waals surface area contributed by atoms with E-state index >= 15 is 0 Å². The Kier molecular flexibility index (Phi) is 4.22. The summed E-state index contributed by atoms with van der Waals surface area (Å²) >= 11 is 6.04. The van der Waals surface area contributed by atoms with Gasteiger partial charge in [-0.2, -0.15) is 0 Å². The fourth-order valence-corrected chi connectivity index (χ4v) is 1.59. The number of hydrogen-bond donors (Lipinski definition) is 2. The van der Waals surface area contributed by atoms with Crippen LogP contribution in [0.4, 0.5) is 0 Å². The van der Waals surface area contributed by atoms with E-state index < -0.39 is 0 Å². The van der Waals surface area contributed by atoms with Crippen molar-refractivity contribution in [2.24, 2.45) is 5.73 Å². The van der Waals surface area contributed by atoms with Crippen LogP contribution in [0.1, 0.15) is 18.5 Å². The molecule has 1 aromatic rings. The maximum atomic E-state index is 6.04. The van der Waals surface area contributed by atoms with Crippen molar-refractivity contribution < 1.29 is 0 Å². The molecule has 0 fully saturated rings. The molecule has 13 heavy (non-hydrogen) atoms. The van der Waals surface area contributed by atoms with E-state index in [1.807, 2.05) is 24.3 Å². The van der Waals surface area contributed by atoms with Crippen LogP contribution in [0, 0.1) is 0 Å². The summed E-state index contributed by atoms with van der Waals surface area (Å²) in [6.45, 7) is 3.52. The first-order chi connectivity index (χ1) is 6.29. The largest absolute Gasteiger partial charge is 0.329 e. The summed E-state index contributed by atoms with van der Waals surface area (Å²) in [6.07, 6.45) is 0. The molecule has 0 spiro atoms. The first kappa shape index (κ1) is 10.5. The molecule has 2 nitrogen and oxygen atoms in total. The van der Waals surface area contributed by atoms with Crippen LogP contribution in [0.2, 0.25) is 5.02 Å². The van der Waals surface area contributed by atoms with Gasteiger partial charge in [0.25, 0.3) is 0 Å². The second-order valence-electron chi connectivity index (χ2n) is 2.87. The molecule has 0 aliphatic rings. The molecule has 0 heterocycles. The normalized spacial score (nSPS) is 12.8. The number of halogens is 1. The summed E-state index contributed by atoms with van der Waals surface area (Å²) < 4.78 is 0. The van der Waals surface area contributed by atoms with Gasteiger partial charge in [-0.05, 0) is 18.2 Å². The van der Waals surface area contributed by atoms with Crippen molar-refractivity contribution in [2.75, 3.05) is 13.1 Å². The second kappa shape index (κ2) is 5.22. The Morgan fingerprint density at radius 3 is 2.69 bits per heavy atom. The van der Waals surface area contributed by atoms with Gasteiger partial charge in [0.05, 0.1) is 0 Å². The number of nitrogens with one attached hydrogen (secondary N) is 1. The van der Waals surface area contributed by atoms with E-state index in [4.69, 9.17) is 17.3 Å². The third-order valence-corrected chi connectivity index (χ3v) is 2.31. The van der Waals surface area contributed by atoms with Crippen LogP contribution in [0.15, 0.2) is 24.3 Å². The molecular weight excluding hydrogens is 184 g/mol. The highest BCUT2D eigenvalue weighted by Gasteiger charge is 2.10. The highest BCUT2D eigenvalue weighted by molar-refractivity contribution is 6.31. The van der Waals surface area contributed by atoms with Gasteiger partial charge in [-0.15, -0.1) is 0 Å². The minimum Gasteiger partial charge on any atom is -0.329 e. The fraction of sp³-hybridized carbons (Fsp3) is 0.400. The first-order valence-corrected chi connectivity index (χ1v) is 4.85. The van der Waals surface area contributed by atoms with Gasteiger partial charge in [0, 0.05) is 17.6 Å². The molecular formula is C10H15ClN2. The van der Waals surface area contributed by atoms with Crippen molar-refractivity contribution in [3.63, 3.8) is 0 Å². The van der Waals surface area contributed by atoms with Gasteiger partial charge in [0.15, 0.2) is 0 Å². The first-order valence-electron chi connectivity index (χ1n) is 4.47. The molecule has 0 saturated carbocycles. The van der Waals surface area contributed by atoms with Gasteiger partial charge in [-0.3, -0.25) is 0 Å². The summed E-state index contributed by atoms with van der Waals surface area (Å²) in [7, 11) is 0. The highest BCUT2D eigenvalue weighted by Crippen LogP contribution is 2.21. The van der Waals surface area contributed by atoms with Crippen molar-refractivity contribution in [2.45, 2.75) is 13.0 Å². The average molecular weight is 199 g/mol. The van der Waals surface area contributed by atoms with E-state index in [2.05, 4.69) is 12.2 Å². The van der Waals surface area contributed by atoms with Crippen LogP contribution in [0.25, 0.3) is 0 Å². The zero-order chi connectivity index (χ0) is 9.68. The molecule has 3 N–H and O–H groups in total. The van der Waals surface area contributed by atoms with Crippen LogP contribution < -0.4 is 11.1 Å². The summed E-state index contributed by atoms with van der Waals surface area (Å²) in [5, 5.41) is 4.06. The monoisotopic (exact) mass is 198 g/mol. The molecule has 1 aromatic carbocycles. The SMILES string of the molecule is CCNC(CN)c1ccccc1Cl. The van der Waals surface area contributed by atoms with Crippen molar-refractivity contribution in [3.05, 3.63) is 34.9 Å². The molecule has 1 rings (SSSR count). The molecule has 0 aliphatic carbocycles. The van der Waals surface area contributed by atoms with Crippen molar-refractivity contribution in [3.8, 4) is 0 Å². The number of hydrogen-bond acceptors (Lipinski definition) is 2. The van der Waals surface area contributed by atoms with Gasteiger partial charge in [-0.1, -0.05) is 36.7 Å². The highest BCUT2D eigenvalue weighted by atomic mass is 35.5. The number of rotatable bonds is 4. The Bertz CT molecular complexity index is 263. The minimum atomic E-state index is 0.165. The molecule has 1 unspecified atom stereocenters. The Morgan fingerprint density at radius 2 is 2.15 bits per heavy atom. The number of nitrogens with two attached hydrogens (primary N) is 1. The van der Waals surface area contributed by atoms with Gasteiger partial charge in [0.1, 0.15) is 0 Å². The Hall–Kier alpha value is -0.570. The zero-order valence-electron chi connectivity index (χ0n) is 7.76. The lowest BCUT2D eigenvalue weighted by Gasteiger charge is -2.17. The molecule has 0 aromatic heterocycles. The van der Waals surface area contributed by atoms with E-state index in [1.165, 1.54) is 0 Å². The molecule has 72 valence electrons. The van der Waals surface area contributed by atoms with Crippen molar-refractivity contribution >= 4 is 11.6 Å². The third-order valence-electron chi connectivity index (χ3n) is 1.97. The average Bonchev–Trinajstić information content (AvgIpc) is 2.16. The van der Waals surface area contributed by atoms with Crippen LogP contribution in [0.5, 0.6) is 0 Å². The predicted molar refractivity (Wildman–Crippen MR) is 56.9 cm³/mol. The molecule has 0 aliphatic heterocycles. The maximum absolute atomic E-state index is 6.04. The second-order valence-corrected chi connectivity index (χ2v) is 3.27. The fourth-order valence-electron chi connectivity index (χ4n) is 1.32. The number of benzene rings is 1. The van der Waals surface area contributed by atoms with E-state index in [-0.39, 0.29) is 6.04 Å². The zero-order valence-corrected chi connectivity index (χ0v) is 8.51. The van der Waals surface area contributed by atoms with E-state index in [9.17, 15) is 0 Å². The Balaban J connectivity index is 2.84. The maximum Gasteiger partial charge on any atom is 0.0459 e. The lowest BCUT2D eigenvalue weighted by molar-refractivity contribution is 0.562. The van der Waals surface area contributed by atoms with Crippen LogP contribution in [0.3, 0.4) is 0 Å². The molecule has 1 atom stereocenters. The lowest BCUT2D eigenvalue weighted by Crippen LogP contribution is -2.28. The van der Waals surface area contributed by atoms with Gasteiger partial charge >= 0.3 is 0 Å². The Labute approximate surface area is 84.1 Å². The summed E-state index contributed by atoms with van der Waals surface area (Å²) in [5.74, 6) is 0. The molecule has 0 bridgehead atoms. The summed E-state index contributed by atoms with van der Waals surface area (Å²) in [4.78, 5) is 0.